The molecule has 0 fully saturated rings. The lowest BCUT2D eigenvalue weighted by Gasteiger charge is -2.23. The van der Waals surface area contributed by atoms with E-state index in [1.54, 1.807) is 0 Å². The molecule has 1 N–H and O–H groups in total. The monoisotopic (exact) mass is 225 g/mol. The lowest BCUT2D eigenvalue weighted by atomic mass is 9.92. The van der Waals surface area contributed by atoms with Crippen LogP contribution in [0.25, 0.3) is 0 Å². The molecule has 0 aromatic heterocycles. The van der Waals surface area contributed by atoms with Crippen molar-refractivity contribution < 1.29 is 0 Å². The van der Waals surface area contributed by atoms with Gasteiger partial charge in [0.15, 0.2) is 0 Å². The zero-order chi connectivity index (χ0) is 11.3. The van der Waals surface area contributed by atoms with Gasteiger partial charge in [0.25, 0.3) is 0 Å². The lowest BCUT2D eigenvalue weighted by Crippen LogP contribution is -2.32. The van der Waals surface area contributed by atoms with Crippen LogP contribution in [0.4, 0.5) is 0 Å². The summed E-state index contributed by atoms with van der Waals surface area (Å²) in [6, 6.07) is 8.72. The number of hydrogen-bond acceptors (Lipinski definition) is 1. The third-order valence-corrected chi connectivity index (χ3v) is 3.16. The van der Waals surface area contributed by atoms with E-state index < -0.39 is 0 Å². The molecule has 0 heterocycles. The SMILES string of the molecule is CCNC(CC)C(C)c1ccc(Cl)cc1. The van der Waals surface area contributed by atoms with Gasteiger partial charge in [-0.1, -0.05) is 44.5 Å². The quantitative estimate of drug-likeness (QED) is 0.803. The zero-order valence-corrected chi connectivity index (χ0v) is 10.5. The van der Waals surface area contributed by atoms with Gasteiger partial charge in [0.1, 0.15) is 0 Å². The average Bonchev–Trinajstić information content (AvgIpc) is 2.26. The van der Waals surface area contributed by atoms with Crippen LogP contribution < -0.4 is 5.32 Å². The summed E-state index contributed by atoms with van der Waals surface area (Å²) in [5.74, 6) is 0.534. The summed E-state index contributed by atoms with van der Waals surface area (Å²) in [6.45, 7) is 7.66. The summed E-state index contributed by atoms with van der Waals surface area (Å²) in [6.07, 6.45) is 1.15. The topological polar surface area (TPSA) is 12.0 Å². The molecule has 1 aromatic rings. The Labute approximate surface area is 97.8 Å². The van der Waals surface area contributed by atoms with E-state index in [1.165, 1.54) is 5.56 Å². The Hall–Kier alpha value is -0.530. The summed E-state index contributed by atoms with van der Waals surface area (Å²) < 4.78 is 0. The Morgan fingerprint density at radius 1 is 1.20 bits per heavy atom. The maximum atomic E-state index is 5.88. The maximum Gasteiger partial charge on any atom is 0.0406 e. The van der Waals surface area contributed by atoms with Crippen molar-refractivity contribution >= 4 is 11.6 Å². The van der Waals surface area contributed by atoms with E-state index in [4.69, 9.17) is 11.6 Å². The van der Waals surface area contributed by atoms with Crippen molar-refractivity contribution in [2.24, 2.45) is 0 Å². The molecule has 84 valence electrons. The molecule has 0 aliphatic carbocycles. The highest BCUT2D eigenvalue weighted by Crippen LogP contribution is 2.22. The van der Waals surface area contributed by atoms with Crippen LogP contribution >= 0.6 is 11.6 Å². The molecule has 15 heavy (non-hydrogen) atoms. The molecule has 0 spiro atoms. The molecular formula is C13H20ClN. The highest BCUT2D eigenvalue weighted by molar-refractivity contribution is 6.30. The summed E-state index contributed by atoms with van der Waals surface area (Å²) in [5, 5.41) is 4.32. The van der Waals surface area contributed by atoms with E-state index in [-0.39, 0.29) is 0 Å². The summed E-state index contributed by atoms with van der Waals surface area (Å²) >= 11 is 5.88. The second-order valence-electron chi connectivity index (χ2n) is 3.91. The molecule has 2 atom stereocenters. The van der Waals surface area contributed by atoms with Crippen LogP contribution in [0.5, 0.6) is 0 Å². The summed E-state index contributed by atoms with van der Waals surface area (Å²) in [4.78, 5) is 0. The largest absolute Gasteiger partial charge is 0.314 e. The number of halogens is 1. The molecule has 2 unspecified atom stereocenters. The molecule has 0 bridgehead atoms. The van der Waals surface area contributed by atoms with Crippen molar-refractivity contribution in [1.29, 1.82) is 0 Å². The van der Waals surface area contributed by atoms with E-state index in [1.807, 2.05) is 12.1 Å². The minimum Gasteiger partial charge on any atom is -0.314 e. The van der Waals surface area contributed by atoms with E-state index in [0.717, 1.165) is 18.0 Å². The molecule has 1 nitrogen and oxygen atoms in total. The Balaban J connectivity index is 2.73. The molecule has 0 radical (unpaired) electrons. The Bertz CT molecular complexity index is 281. The Morgan fingerprint density at radius 3 is 2.27 bits per heavy atom. The minimum absolute atomic E-state index is 0.534. The van der Waals surface area contributed by atoms with E-state index in [9.17, 15) is 0 Å². The van der Waals surface area contributed by atoms with Crippen LogP contribution in [0, 0.1) is 0 Å². The predicted octanol–water partition coefficient (Wildman–Crippen LogP) is 3.83. The fourth-order valence-corrected chi connectivity index (χ4v) is 2.06. The van der Waals surface area contributed by atoms with Crippen LogP contribution in [-0.2, 0) is 0 Å². The first-order valence-electron chi connectivity index (χ1n) is 5.67. The molecule has 0 saturated heterocycles. The normalized spacial score (nSPS) is 14.9. The van der Waals surface area contributed by atoms with Gasteiger partial charge in [-0.2, -0.15) is 0 Å². The highest BCUT2D eigenvalue weighted by atomic mass is 35.5. The minimum atomic E-state index is 0.534. The number of likely N-dealkylation sites (N-methyl/N-ethyl adjacent to an activating group) is 1. The van der Waals surface area contributed by atoms with E-state index in [0.29, 0.717) is 12.0 Å². The standard InChI is InChI=1S/C13H20ClN/c1-4-13(15-5-2)10(3)11-6-8-12(14)9-7-11/h6-10,13,15H,4-5H2,1-3H3. The van der Waals surface area contributed by atoms with Crippen LogP contribution in [-0.4, -0.2) is 12.6 Å². The average molecular weight is 226 g/mol. The van der Waals surface area contributed by atoms with Crippen LogP contribution in [0.15, 0.2) is 24.3 Å². The van der Waals surface area contributed by atoms with Crippen molar-refractivity contribution in [2.75, 3.05) is 6.54 Å². The van der Waals surface area contributed by atoms with Gasteiger partial charge in [-0.25, -0.2) is 0 Å². The summed E-state index contributed by atoms with van der Waals surface area (Å²) in [5.41, 5.74) is 1.35. The molecule has 1 rings (SSSR count). The third-order valence-electron chi connectivity index (χ3n) is 2.91. The second kappa shape index (κ2) is 6.14. The van der Waals surface area contributed by atoms with Crippen molar-refractivity contribution in [1.82, 2.24) is 5.32 Å². The fraction of sp³-hybridized carbons (Fsp3) is 0.538. The number of nitrogens with one attached hydrogen (secondary N) is 1. The smallest absolute Gasteiger partial charge is 0.0406 e. The summed E-state index contributed by atoms with van der Waals surface area (Å²) in [7, 11) is 0. The molecule has 1 aromatic carbocycles. The van der Waals surface area contributed by atoms with Crippen LogP contribution in [0.2, 0.25) is 5.02 Å². The Morgan fingerprint density at radius 2 is 1.80 bits per heavy atom. The maximum absolute atomic E-state index is 5.88. The van der Waals surface area contributed by atoms with Crippen molar-refractivity contribution in [3.05, 3.63) is 34.9 Å². The van der Waals surface area contributed by atoms with Gasteiger partial charge in [-0.05, 0) is 36.6 Å². The first-order valence-corrected chi connectivity index (χ1v) is 6.05. The first kappa shape index (κ1) is 12.5. The lowest BCUT2D eigenvalue weighted by molar-refractivity contribution is 0.449. The van der Waals surface area contributed by atoms with Crippen molar-refractivity contribution in [3.63, 3.8) is 0 Å². The third kappa shape index (κ3) is 3.51. The second-order valence-corrected chi connectivity index (χ2v) is 4.35. The fourth-order valence-electron chi connectivity index (χ4n) is 1.94. The zero-order valence-electron chi connectivity index (χ0n) is 9.76. The predicted molar refractivity (Wildman–Crippen MR) is 67.6 cm³/mol. The number of rotatable bonds is 5. The van der Waals surface area contributed by atoms with Gasteiger partial charge >= 0.3 is 0 Å². The van der Waals surface area contributed by atoms with E-state index >= 15 is 0 Å². The molecule has 0 saturated carbocycles. The molecular weight excluding hydrogens is 206 g/mol. The molecule has 0 amide bonds. The first-order chi connectivity index (χ1) is 7.19. The van der Waals surface area contributed by atoms with Gasteiger partial charge < -0.3 is 5.32 Å². The molecule has 2 heteroatoms. The van der Waals surface area contributed by atoms with Crippen LogP contribution in [0.1, 0.15) is 38.7 Å². The highest BCUT2D eigenvalue weighted by Gasteiger charge is 2.15. The van der Waals surface area contributed by atoms with Crippen LogP contribution in [0.3, 0.4) is 0 Å². The molecule has 0 aliphatic heterocycles. The number of hydrogen-bond donors (Lipinski definition) is 1. The van der Waals surface area contributed by atoms with Gasteiger partial charge in [-0.15, -0.1) is 0 Å². The van der Waals surface area contributed by atoms with Gasteiger partial charge in [0.2, 0.25) is 0 Å². The van der Waals surface area contributed by atoms with E-state index in [2.05, 4.69) is 38.2 Å². The van der Waals surface area contributed by atoms with Gasteiger partial charge in [0.05, 0.1) is 0 Å². The van der Waals surface area contributed by atoms with Crippen molar-refractivity contribution in [3.8, 4) is 0 Å². The van der Waals surface area contributed by atoms with Crippen molar-refractivity contribution in [2.45, 2.75) is 39.2 Å². The molecule has 0 aliphatic rings. The Kier molecular flexibility index (Phi) is 5.13. The number of benzene rings is 1. The van der Waals surface area contributed by atoms with Gasteiger partial charge in [-0.3, -0.25) is 0 Å². The van der Waals surface area contributed by atoms with Gasteiger partial charge in [0, 0.05) is 11.1 Å².